The van der Waals surface area contributed by atoms with Gasteiger partial charge in [0.05, 0.1) is 5.92 Å². The van der Waals surface area contributed by atoms with Crippen molar-refractivity contribution in [1.82, 2.24) is 4.90 Å². The summed E-state index contributed by atoms with van der Waals surface area (Å²) in [6, 6.07) is 0. The van der Waals surface area contributed by atoms with Crippen LogP contribution >= 0.6 is 0 Å². The van der Waals surface area contributed by atoms with Gasteiger partial charge >= 0.3 is 5.97 Å². The monoisotopic (exact) mass is 269 g/mol. The van der Waals surface area contributed by atoms with Crippen LogP contribution in [0, 0.1) is 23.7 Å². The third-order valence-electron chi connectivity index (χ3n) is 3.61. The van der Waals surface area contributed by atoms with E-state index < -0.39 is 5.97 Å². The molecule has 1 saturated carbocycles. The number of rotatable bonds is 6. The van der Waals surface area contributed by atoms with Gasteiger partial charge in [-0.2, -0.15) is 0 Å². The smallest absolute Gasteiger partial charge is 0.306 e. The average Bonchev–Trinajstić information content (AvgIpc) is 2.75. The third-order valence-corrected chi connectivity index (χ3v) is 3.61. The van der Waals surface area contributed by atoms with Crippen LogP contribution < -0.4 is 0 Å². The van der Waals surface area contributed by atoms with Gasteiger partial charge in [0, 0.05) is 19.0 Å². The molecule has 110 valence electrons. The largest absolute Gasteiger partial charge is 0.481 e. The van der Waals surface area contributed by atoms with Crippen molar-refractivity contribution in [3.05, 3.63) is 0 Å². The molecule has 0 bridgehead atoms. The van der Waals surface area contributed by atoms with Crippen LogP contribution in [-0.2, 0) is 9.59 Å². The Labute approximate surface area is 116 Å². The van der Waals surface area contributed by atoms with E-state index in [9.17, 15) is 9.59 Å². The summed E-state index contributed by atoms with van der Waals surface area (Å²) in [5.74, 6) is -0.119. The van der Waals surface area contributed by atoms with Crippen molar-refractivity contribution in [3.63, 3.8) is 0 Å². The molecule has 1 rings (SSSR count). The zero-order chi connectivity index (χ0) is 14.6. The van der Waals surface area contributed by atoms with Crippen molar-refractivity contribution in [2.45, 2.75) is 47.0 Å². The number of nitrogens with zero attached hydrogens (tertiary/aromatic N) is 1. The van der Waals surface area contributed by atoms with Crippen LogP contribution in [0.4, 0.5) is 0 Å². The maximum Gasteiger partial charge on any atom is 0.306 e. The number of carbonyl (C=O) groups is 2. The van der Waals surface area contributed by atoms with Crippen molar-refractivity contribution in [1.29, 1.82) is 0 Å². The molecule has 0 aromatic rings. The fourth-order valence-corrected chi connectivity index (χ4v) is 2.82. The fraction of sp³-hybridized carbons (Fsp3) is 0.867. The molecule has 0 saturated heterocycles. The Morgan fingerprint density at radius 2 is 1.53 bits per heavy atom. The predicted octanol–water partition coefficient (Wildman–Crippen LogP) is 2.63. The molecule has 1 aliphatic carbocycles. The molecule has 0 radical (unpaired) electrons. The summed E-state index contributed by atoms with van der Waals surface area (Å²) < 4.78 is 0. The van der Waals surface area contributed by atoms with E-state index >= 15 is 0 Å². The van der Waals surface area contributed by atoms with Crippen LogP contribution in [0.5, 0.6) is 0 Å². The minimum Gasteiger partial charge on any atom is -0.481 e. The van der Waals surface area contributed by atoms with Crippen molar-refractivity contribution >= 4 is 11.9 Å². The molecule has 4 nitrogen and oxygen atoms in total. The first kappa shape index (κ1) is 16.0. The van der Waals surface area contributed by atoms with E-state index in [0.29, 0.717) is 24.7 Å². The first-order valence-electron chi connectivity index (χ1n) is 7.32. The van der Waals surface area contributed by atoms with Crippen molar-refractivity contribution in [2.24, 2.45) is 23.7 Å². The number of hydrogen-bond donors (Lipinski definition) is 1. The second-order valence-electron chi connectivity index (χ2n) is 6.58. The Hall–Kier alpha value is -1.06. The lowest BCUT2D eigenvalue weighted by Gasteiger charge is -2.29. The topological polar surface area (TPSA) is 57.6 Å². The lowest BCUT2D eigenvalue weighted by atomic mass is 10.0. The summed E-state index contributed by atoms with van der Waals surface area (Å²) >= 11 is 0. The first-order chi connectivity index (χ1) is 8.81. The molecule has 0 heterocycles. The molecule has 1 fully saturated rings. The van der Waals surface area contributed by atoms with E-state index in [-0.39, 0.29) is 17.7 Å². The van der Waals surface area contributed by atoms with Crippen molar-refractivity contribution in [2.75, 3.05) is 13.1 Å². The minimum absolute atomic E-state index is 0.0846. The Balaban J connectivity index is 2.63. The van der Waals surface area contributed by atoms with Crippen LogP contribution in [0.1, 0.15) is 47.0 Å². The van der Waals surface area contributed by atoms with E-state index in [1.807, 2.05) is 4.90 Å². The van der Waals surface area contributed by atoms with Gasteiger partial charge in [-0.15, -0.1) is 0 Å². The highest BCUT2D eigenvalue weighted by Crippen LogP contribution is 2.32. The van der Waals surface area contributed by atoms with Crippen LogP contribution in [0.2, 0.25) is 0 Å². The molecule has 0 aromatic heterocycles. The second-order valence-corrected chi connectivity index (χ2v) is 6.58. The molecule has 0 aromatic carbocycles. The van der Waals surface area contributed by atoms with Crippen molar-refractivity contribution < 1.29 is 14.7 Å². The molecular formula is C15H27NO3. The van der Waals surface area contributed by atoms with Crippen LogP contribution in [-0.4, -0.2) is 35.0 Å². The van der Waals surface area contributed by atoms with E-state index in [1.165, 1.54) is 0 Å². The maximum absolute atomic E-state index is 12.5. The summed E-state index contributed by atoms with van der Waals surface area (Å²) in [6.45, 7) is 9.96. The average molecular weight is 269 g/mol. The number of carboxylic acid groups (broad SMARTS) is 1. The Bertz CT molecular complexity index is 315. The fourth-order valence-electron chi connectivity index (χ4n) is 2.82. The number of carbonyl (C=O) groups excluding carboxylic acids is 1. The SMILES string of the molecule is CC(C)CN(CC(C)C)C(=O)C1CCC(C(=O)O)C1. The normalized spacial score (nSPS) is 23.1. The summed E-state index contributed by atoms with van der Waals surface area (Å²) in [7, 11) is 0. The summed E-state index contributed by atoms with van der Waals surface area (Å²) in [4.78, 5) is 25.4. The van der Waals surface area contributed by atoms with Gasteiger partial charge in [-0.1, -0.05) is 27.7 Å². The van der Waals surface area contributed by atoms with Gasteiger partial charge in [-0.3, -0.25) is 9.59 Å². The lowest BCUT2D eigenvalue weighted by Crippen LogP contribution is -2.40. The van der Waals surface area contributed by atoms with Gasteiger partial charge in [0.15, 0.2) is 0 Å². The van der Waals surface area contributed by atoms with Gasteiger partial charge in [-0.25, -0.2) is 0 Å². The van der Waals surface area contributed by atoms with Crippen molar-refractivity contribution in [3.8, 4) is 0 Å². The van der Waals surface area contributed by atoms with Crippen LogP contribution in [0.3, 0.4) is 0 Å². The molecule has 1 aliphatic rings. The summed E-state index contributed by atoms with van der Waals surface area (Å²) in [5, 5.41) is 9.02. The highest BCUT2D eigenvalue weighted by Gasteiger charge is 2.36. The zero-order valence-electron chi connectivity index (χ0n) is 12.6. The zero-order valence-corrected chi connectivity index (χ0v) is 12.6. The van der Waals surface area contributed by atoms with Gasteiger partial charge < -0.3 is 10.0 Å². The standard InChI is InChI=1S/C15H27NO3/c1-10(2)8-16(9-11(3)4)14(17)12-5-6-13(7-12)15(18)19/h10-13H,5-9H2,1-4H3,(H,18,19). The minimum atomic E-state index is -0.755. The van der Waals surface area contributed by atoms with E-state index in [1.54, 1.807) is 0 Å². The lowest BCUT2D eigenvalue weighted by molar-refractivity contribution is -0.141. The molecule has 1 N–H and O–H groups in total. The van der Waals surface area contributed by atoms with Crippen LogP contribution in [0.15, 0.2) is 0 Å². The Morgan fingerprint density at radius 1 is 1.05 bits per heavy atom. The van der Waals surface area contributed by atoms with Gasteiger partial charge in [0.2, 0.25) is 5.91 Å². The van der Waals surface area contributed by atoms with E-state index in [4.69, 9.17) is 5.11 Å². The van der Waals surface area contributed by atoms with E-state index in [2.05, 4.69) is 27.7 Å². The van der Waals surface area contributed by atoms with Crippen LogP contribution in [0.25, 0.3) is 0 Å². The van der Waals surface area contributed by atoms with Gasteiger partial charge in [-0.05, 0) is 31.1 Å². The second kappa shape index (κ2) is 6.92. The quantitative estimate of drug-likeness (QED) is 0.806. The molecule has 2 unspecified atom stereocenters. The molecular weight excluding hydrogens is 242 g/mol. The highest BCUT2D eigenvalue weighted by molar-refractivity contribution is 5.81. The first-order valence-corrected chi connectivity index (χ1v) is 7.32. The highest BCUT2D eigenvalue weighted by atomic mass is 16.4. The molecule has 1 amide bonds. The molecule has 19 heavy (non-hydrogen) atoms. The summed E-state index contributed by atoms with van der Waals surface area (Å²) in [5.41, 5.74) is 0. The third kappa shape index (κ3) is 4.84. The molecule has 4 heteroatoms. The number of aliphatic carboxylic acids is 1. The Morgan fingerprint density at radius 3 is 1.89 bits per heavy atom. The molecule has 0 aliphatic heterocycles. The predicted molar refractivity (Wildman–Crippen MR) is 74.7 cm³/mol. The number of carboxylic acids is 1. The Kier molecular flexibility index (Phi) is 5.83. The number of hydrogen-bond acceptors (Lipinski definition) is 2. The molecule has 0 spiro atoms. The van der Waals surface area contributed by atoms with Gasteiger partial charge in [0.25, 0.3) is 0 Å². The number of amides is 1. The van der Waals surface area contributed by atoms with E-state index in [0.717, 1.165) is 19.5 Å². The molecule has 2 atom stereocenters. The maximum atomic E-state index is 12.5. The van der Waals surface area contributed by atoms with Gasteiger partial charge in [0.1, 0.15) is 0 Å². The summed E-state index contributed by atoms with van der Waals surface area (Å²) in [6.07, 6.45) is 1.88.